The molecule has 0 atom stereocenters. The van der Waals surface area contributed by atoms with E-state index < -0.39 is 10.0 Å². The zero-order chi connectivity index (χ0) is 13.7. The van der Waals surface area contributed by atoms with E-state index in [1.54, 1.807) is 4.31 Å². The van der Waals surface area contributed by atoms with Crippen LogP contribution in [0.5, 0.6) is 0 Å². The van der Waals surface area contributed by atoms with Crippen molar-refractivity contribution in [3.63, 3.8) is 0 Å². The highest BCUT2D eigenvalue weighted by Gasteiger charge is 2.27. The van der Waals surface area contributed by atoms with E-state index in [1.807, 2.05) is 30.3 Å². The Hall–Kier alpha value is -0.870. The first-order valence-corrected chi connectivity index (χ1v) is 8.74. The van der Waals surface area contributed by atoms with E-state index >= 15 is 0 Å². The Balaban J connectivity index is 1.94. The Labute approximate surface area is 116 Å². The summed E-state index contributed by atoms with van der Waals surface area (Å²) < 4.78 is 26.4. The molecule has 1 aromatic rings. The average Bonchev–Trinajstić information content (AvgIpc) is 2.40. The smallest absolute Gasteiger partial charge is 0.212 e. The topological polar surface area (TPSA) is 37.4 Å². The van der Waals surface area contributed by atoms with Gasteiger partial charge in [0.15, 0.2) is 0 Å². The zero-order valence-corrected chi connectivity index (χ0v) is 12.4. The number of rotatable bonds is 5. The number of benzene rings is 1. The lowest BCUT2D eigenvalue weighted by Gasteiger charge is -2.31. The summed E-state index contributed by atoms with van der Waals surface area (Å²) in [6, 6.07) is 9.44. The summed E-state index contributed by atoms with van der Waals surface area (Å²) in [7, 11) is -3.14. The lowest BCUT2D eigenvalue weighted by atomic mass is 9.94. The number of piperidine rings is 1. The van der Waals surface area contributed by atoms with Gasteiger partial charge in [0.05, 0.1) is 5.75 Å². The highest BCUT2D eigenvalue weighted by molar-refractivity contribution is 7.88. The van der Waals surface area contributed by atoms with Gasteiger partial charge < -0.3 is 0 Å². The predicted molar refractivity (Wildman–Crippen MR) is 78.3 cm³/mol. The van der Waals surface area contributed by atoms with Crippen LogP contribution in [-0.2, 0) is 15.8 Å². The molecule has 0 unspecified atom stereocenters. The van der Waals surface area contributed by atoms with Crippen LogP contribution < -0.4 is 0 Å². The lowest BCUT2D eigenvalue weighted by Crippen LogP contribution is -2.39. The molecule has 0 spiro atoms. The maximum Gasteiger partial charge on any atom is 0.218 e. The molecule has 1 heterocycles. The number of nitrogens with zero attached hydrogens (tertiary/aromatic N) is 1. The molecule has 1 aliphatic rings. The Morgan fingerprint density at radius 2 is 1.79 bits per heavy atom. The molecule has 2 rings (SSSR count). The van der Waals surface area contributed by atoms with Gasteiger partial charge in [-0.1, -0.05) is 50.1 Å². The van der Waals surface area contributed by atoms with Crippen molar-refractivity contribution in [1.82, 2.24) is 4.31 Å². The molecule has 0 saturated carbocycles. The van der Waals surface area contributed by atoms with Crippen LogP contribution >= 0.6 is 0 Å². The summed E-state index contributed by atoms with van der Waals surface area (Å²) in [5.74, 6) is 0.847. The van der Waals surface area contributed by atoms with Gasteiger partial charge in [0, 0.05) is 13.1 Å². The quantitative estimate of drug-likeness (QED) is 0.832. The molecule has 1 aromatic carbocycles. The molecule has 0 bridgehead atoms. The molecule has 0 radical (unpaired) electrons. The van der Waals surface area contributed by atoms with Crippen LogP contribution in [0.3, 0.4) is 0 Å². The van der Waals surface area contributed by atoms with Gasteiger partial charge >= 0.3 is 0 Å². The normalized spacial score (nSPS) is 18.6. The van der Waals surface area contributed by atoms with Gasteiger partial charge in [0.25, 0.3) is 0 Å². The Bertz CT molecular complexity index is 476. The fourth-order valence-corrected chi connectivity index (χ4v) is 4.32. The molecule has 19 heavy (non-hydrogen) atoms. The molecule has 0 amide bonds. The highest BCUT2D eigenvalue weighted by Crippen LogP contribution is 2.24. The fourth-order valence-electron chi connectivity index (χ4n) is 2.76. The highest BCUT2D eigenvalue weighted by atomic mass is 32.2. The fraction of sp³-hybridized carbons (Fsp3) is 0.600. The molecular weight excluding hydrogens is 258 g/mol. The second-order valence-electron chi connectivity index (χ2n) is 5.37. The van der Waals surface area contributed by atoms with Crippen LogP contribution in [0.2, 0.25) is 0 Å². The van der Waals surface area contributed by atoms with Crippen molar-refractivity contribution in [2.45, 2.75) is 38.4 Å². The molecule has 1 fully saturated rings. The first kappa shape index (κ1) is 14.5. The van der Waals surface area contributed by atoms with Crippen molar-refractivity contribution in [1.29, 1.82) is 0 Å². The van der Waals surface area contributed by atoms with E-state index in [1.165, 1.54) is 12.8 Å². The second-order valence-corrected chi connectivity index (χ2v) is 7.34. The van der Waals surface area contributed by atoms with Crippen LogP contribution in [-0.4, -0.2) is 25.8 Å². The van der Waals surface area contributed by atoms with Crippen molar-refractivity contribution >= 4 is 10.0 Å². The first-order chi connectivity index (χ1) is 9.12. The van der Waals surface area contributed by atoms with Gasteiger partial charge in [0.2, 0.25) is 10.0 Å². The molecule has 106 valence electrons. The van der Waals surface area contributed by atoms with Crippen LogP contribution in [0.1, 0.15) is 38.2 Å². The van der Waals surface area contributed by atoms with Crippen molar-refractivity contribution in [3.8, 4) is 0 Å². The number of hydrogen-bond acceptors (Lipinski definition) is 2. The van der Waals surface area contributed by atoms with Crippen molar-refractivity contribution in [2.75, 3.05) is 13.1 Å². The van der Waals surface area contributed by atoms with E-state index in [4.69, 9.17) is 0 Å². The minimum atomic E-state index is -3.14. The summed E-state index contributed by atoms with van der Waals surface area (Å²) in [6.45, 7) is 3.58. The monoisotopic (exact) mass is 281 g/mol. The third kappa shape index (κ3) is 4.05. The van der Waals surface area contributed by atoms with E-state index in [-0.39, 0.29) is 5.75 Å². The van der Waals surface area contributed by atoms with Gasteiger partial charge in [0.1, 0.15) is 0 Å². The second kappa shape index (κ2) is 6.53. The number of sulfonamides is 1. The third-order valence-corrected chi connectivity index (χ3v) is 5.71. The minimum absolute atomic E-state index is 0.131. The van der Waals surface area contributed by atoms with E-state index in [2.05, 4.69) is 6.92 Å². The third-order valence-electron chi connectivity index (χ3n) is 3.86. The van der Waals surface area contributed by atoms with Crippen LogP contribution in [0.4, 0.5) is 0 Å². The first-order valence-electron chi connectivity index (χ1n) is 7.13. The molecule has 4 heteroatoms. The molecule has 0 aliphatic carbocycles. The Kier molecular flexibility index (Phi) is 4.99. The van der Waals surface area contributed by atoms with Gasteiger partial charge in [-0.25, -0.2) is 12.7 Å². The van der Waals surface area contributed by atoms with Gasteiger partial charge in [-0.3, -0.25) is 0 Å². The standard InChI is InChI=1S/C15H23NO2S/c1-2-6-14-9-11-16(12-10-14)19(17,18)13-15-7-4-3-5-8-15/h3-5,7-8,14H,2,6,9-13H2,1H3. The van der Waals surface area contributed by atoms with Gasteiger partial charge in [-0.2, -0.15) is 0 Å². The molecule has 3 nitrogen and oxygen atoms in total. The van der Waals surface area contributed by atoms with Crippen LogP contribution in [0.25, 0.3) is 0 Å². The van der Waals surface area contributed by atoms with Crippen LogP contribution in [0, 0.1) is 5.92 Å². The predicted octanol–water partition coefficient (Wildman–Crippen LogP) is 3.03. The van der Waals surface area contributed by atoms with Crippen molar-refractivity contribution in [3.05, 3.63) is 35.9 Å². The summed E-state index contributed by atoms with van der Waals surface area (Å²) in [5.41, 5.74) is 0.873. The molecule has 1 aliphatic heterocycles. The SMILES string of the molecule is CCCC1CCN(S(=O)(=O)Cc2ccccc2)CC1. The molecule has 1 saturated heterocycles. The Morgan fingerprint density at radius 3 is 2.37 bits per heavy atom. The average molecular weight is 281 g/mol. The van der Waals surface area contributed by atoms with E-state index in [9.17, 15) is 8.42 Å². The lowest BCUT2D eigenvalue weighted by molar-refractivity contribution is 0.262. The maximum absolute atomic E-state index is 12.3. The Morgan fingerprint density at radius 1 is 1.16 bits per heavy atom. The van der Waals surface area contributed by atoms with E-state index in [0.717, 1.165) is 18.4 Å². The largest absolute Gasteiger partial charge is 0.218 e. The summed E-state index contributed by atoms with van der Waals surface area (Å²) in [5, 5.41) is 0. The van der Waals surface area contributed by atoms with Gasteiger partial charge in [-0.15, -0.1) is 0 Å². The van der Waals surface area contributed by atoms with Crippen molar-refractivity contribution in [2.24, 2.45) is 5.92 Å². The van der Waals surface area contributed by atoms with Gasteiger partial charge in [-0.05, 0) is 24.3 Å². The summed E-state index contributed by atoms with van der Waals surface area (Å²) in [6.07, 6.45) is 4.46. The molecule has 0 N–H and O–H groups in total. The summed E-state index contributed by atoms with van der Waals surface area (Å²) >= 11 is 0. The maximum atomic E-state index is 12.3. The molecular formula is C15H23NO2S. The zero-order valence-electron chi connectivity index (χ0n) is 11.6. The van der Waals surface area contributed by atoms with Crippen LogP contribution in [0.15, 0.2) is 30.3 Å². The van der Waals surface area contributed by atoms with Crippen molar-refractivity contribution < 1.29 is 8.42 Å². The number of hydrogen-bond donors (Lipinski definition) is 0. The van der Waals surface area contributed by atoms with E-state index in [0.29, 0.717) is 19.0 Å². The summed E-state index contributed by atoms with van der Waals surface area (Å²) in [4.78, 5) is 0. The molecule has 0 aromatic heterocycles. The minimum Gasteiger partial charge on any atom is -0.212 e.